The minimum absolute atomic E-state index is 0.0555. The number of phenolic OH excluding ortho intramolecular Hbond substituents is 1. The highest BCUT2D eigenvalue weighted by atomic mass is 16.3. The van der Waals surface area contributed by atoms with E-state index in [4.69, 9.17) is 5.10 Å². The van der Waals surface area contributed by atoms with Gasteiger partial charge in [-0.1, -0.05) is 6.07 Å². The Hall–Kier alpha value is -1.89. The van der Waals surface area contributed by atoms with E-state index in [1.165, 1.54) is 18.4 Å². The molecule has 3 aliphatic carbocycles. The van der Waals surface area contributed by atoms with Crippen LogP contribution in [0.5, 0.6) is 5.75 Å². The summed E-state index contributed by atoms with van der Waals surface area (Å²) < 4.78 is 1.95. The summed E-state index contributed by atoms with van der Waals surface area (Å²) in [5.41, 5.74) is 4.36. The molecule has 2 aromatic rings. The number of aliphatic hydroxyl groups excluding tert-OH is 1. The molecule has 2 bridgehead atoms. The summed E-state index contributed by atoms with van der Waals surface area (Å²) in [6, 6.07) is 5.84. The van der Waals surface area contributed by atoms with Gasteiger partial charge < -0.3 is 15.3 Å². The van der Waals surface area contributed by atoms with Crippen molar-refractivity contribution in [2.75, 3.05) is 19.7 Å². The number of hydrogen-bond acceptors (Lipinski definition) is 5. The van der Waals surface area contributed by atoms with E-state index >= 15 is 0 Å². The number of fused-ring (bicyclic) bond motifs is 2. The quantitative estimate of drug-likeness (QED) is 0.716. The molecule has 1 aliphatic heterocycles. The van der Waals surface area contributed by atoms with Gasteiger partial charge in [0.2, 0.25) is 0 Å². The molecule has 1 unspecified atom stereocenters. The van der Waals surface area contributed by atoms with Crippen molar-refractivity contribution in [1.29, 1.82) is 0 Å². The van der Waals surface area contributed by atoms with Gasteiger partial charge in [-0.2, -0.15) is 5.10 Å². The molecule has 6 nitrogen and oxygen atoms in total. The Labute approximate surface area is 177 Å². The van der Waals surface area contributed by atoms with E-state index < -0.39 is 11.0 Å². The predicted molar refractivity (Wildman–Crippen MR) is 113 cm³/mol. The third kappa shape index (κ3) is 2.44. The first-order chi connectivity index (χ1) is 14.4. The van der Waals surface area contributed by atoms with Crippen molar-refractivity contribution in [1.82, 2.24) is 14.7 Å². The molecule has 0 radical (unpaired) electrons. The fourth-order valence-corrected chi connectivity index (χ4v) is 6.79. The van der Waals surface area contributed by atoms with Crippen LogP contribution < -0.4 is 0 Å². The van der Waals surface area contributed by atoms with Crippen LogP contribution in [0.4, 0.5) is 0 Å². The fraction of sp³-hybridized carbons (Fsp3) is 0.625. The Morgan fingerprint density at radius 1 is 1.23 bits per heavy atom. The molecule has 160 valence electrons. The van der Waals surface area contributed by atoms with Gasteiger partial charge in [0.25, 0.3) is 0 Å². The maximum absolute atomic E-state index is 12.5. The van der Waals surface area contributed by atoms with E-state index in [1.54, 1.807) is 6.07 Å². The number of piperidine rings is 1. The largest absolute Gasteiger partial charge is 0.508 e. The average molecular weight is 410 g/mol. The smallest absolute Gasteiger partial charge is 0.115 e. The standard InChI is InChI=1S/C24H31N3O3/c1-15-19-12-24(30)22-10-17-4-5-18(29)11-20(17)23(24,6-7-26(22)14-16-2-3-16)13-21(19)27(25-15)8-9-28/h4-5,11,16,22,28-30H,2-3,6-10,12-14H2,1H3/t22?,23-,24-/m0/s1. The van der Waals surface area contributed by atoms with Gasteiger partial charge in [0.1, 0.15) is 5.75 Å². The molecular formula is C24H31N3O3. The summed E-state index contributed by atoms with van der Waals surface area (Å²) in [6.45, 7) is 4.64. The second-order valence-electron chi connectivity index (χ2n) is 10.1. The van der Waals surface area contributed by atoms with E-state index in [-0.39, 0.29) is 18.4 Å². The molecule has 3 N–H and O–H groups in total. The number of benzene rings is 1. The van der Waals surface area contributed by atoms with E-state index in [9.17, 15) is 15.3 Å². The fourth-order valence-electron chi connectivity index (χ4n) is 6.79. The highest BCUT2D eigenvalue weighted by Gasteiger charge is 2.65. The molecule has 3 atom stereocenters. The maximum atomic E-state index is 12.5. The van der Waals surface area contributed by atoms with Crippen LogP contribution in [-0.4, -0.2) is 61.3 Å². The van der Waals surface area contributed by atoms with Gasteiger partial charge in [-0.25, -0.2) is 0 Å². The molecule has 1 saturated carbocycles. The molecule has 30 heavy (non-hydrogen) atoms. The second-order valence-corrected chi connectivity index (χ2v) is 10.1. The highest BCUT2D eigenvalue weighted by Crippen LogP contribution is 2.58. The van der Waals surface area contributed by atoms with E-state index in [0.29, 0.717) is 19.4 Å². The van der Waals surface area contributed by atoms with Crippen molar-refractivity contribution in [2.45, 2.75) is 69.1 Å². The van der Waals surface area contributed by atoms with Crippen molar-refractivity contribution >= 4 is 0 Å². The first kappa shape index (κ1) is 18.8. The molecule has 0 amide bonds. The molecule has 1 aromatic heterocycles. The maximum Gasteiger partial charge on any atom is 0.115 e. The number of nitrogens with zero attached hydrogens (tertiary/aromatic N) is 3. The third-order valence-electron chi connectivity index (χ3n) is 8.45. The van der Waals surface area contributed by atoms with Crippen LogP contribution in [0.2, 0.25) is 0 Å². The lowest BCUT2D eigenvalue weighted by Crippen LogP contribution is -2.74. The summed E-state index contributed by atoms with van der Waals surface area (Å²) in [6.07, 6.45) is 5.65. The number of hydrogen-bond donors (Lipinski definition) is 3. The molecule has 4 aliphatic rings. The molecule has 2 heterocycles. The van der Waals surface area contributed by atoms with Gasteiger partial charge in [-0.15, -0.1) is 0 Å². The molecular weight excluding hydrogens is 378 g/mol. The molecule has 6 rings (SSSR count). The molecule has 0 spiro atoms. The van der Waals surface area contributed by atoms with Gasteiger partial charge in [-0.05, 0) is 73.9 Å². The molecule has 2 fully saturated rings. The lowest BCUT2D eigenvalue weighted by atomic mass is 9.49. The van der Waals surface area contributed by atoms with Crippen molar-refractivity contribution < 1.29 is 15.3 Å². The first-order valence-corrected chi connectivity index (χ1v) is 11.4. The number of aliphatic hydroxyl groups is 2. The third-order valence-corrected chi connectivity index (χ3v) is 8.45. The van der Waals surface area contributed by atoms with Crippen molar-refractivity contribution in [3.05, 3.63) is 46.3 Å². The Morgan fingerprint density at radius 3 is 2.83 bits per heavy atom. The lowest BCUT2D eigenvalue weighted by Gasteiger charge is -2.63. The number of aryl methyl sites for hydroxylation is 1. The first-order valence-electron chi connectivity index (χ1n) is 11.4. The van der Waals surface area contributed by atoms with Crippen LogP contribution in [0.1, 0.15) is 47.3 Å². The summed E-state index contributed by atoms with van der Waals surface area (Å²) in [5.74, 6) is 1.06. The highest BCUT2D eigenvalue weighted by molar-refractivity contribution is 5.52. The zero-order chi connectivity index (χ0) is 20.7. The normalized spacial score (nSPS) is 32.4. The summed E-state index contributed by atoms with van der Waals surface area (Å²) >= 11 is 0. The van der Waals surface area contributed by atoms with Gasteiger partial charge in [0, 0.05) is 36.5 Å². The summed E-state index contributed by atoms with van der Waals surface area (Å²) in [5, 5.41) is 37.1. The van der Waals surface area contributed by atoms with Gasteiger partial charge in [0.15, 0.2) is 0 Å². The Morgan fingerprint density at radius 2 is 2.07 bits per heavy atom. The van der Waals surface area contributed by atoms with Crippen LogP contribution in [0.25, 0.3) is 0 Å². The average Bonchev–Trinajstić information content (AvgIpc) is 3.48. The van der Waals surface area contributed by atoms with Gasteiger partial charge >= 0.3 is 0 Å². The Kier molecular flexibility index (Phi) is 3.97. The van der Waals surface area contributed by atoms with Crippen molar-refractivity contribution in [3.63, 3.8) is 0 Å². The number of phenols is 1. The molecule has 1 saturated heterocycles. The van der Waals surface area contributed by atoms with Crippen molar-refractivity contribution in [2.24, 2.45) is 5.92 Å². The molecule has 1 aromatic carbocycles. The Bertz CT molecular complexity index is 1010. The number of aromatic hydroxyl groups is 1. The van der Waals surface area contributed by atoms with Crippen molar-refractivity contribution in [3.8, 4) is 5.75 Å². The monoisotopic (exact) mass is 409 g/mol. The van der Waals surface area contributed by atoms with Crippen LogP contribution >= 0.6 is 0 Å². The zero-order valence-electron chi connectivity index (χ0n) is 17.6. The van der Waals surface area contributed by atoms with Crippen LogP contribution in [0, 0.1) is 12.8 Å². The van der Waals surface area contributed by atoms with Crippen LogP contribution in [0.3, 0.4) is 0 Å². The van der Waals surface area contributed by atoms with Gasteiger partial charge in [0.05, 0.1) is 24.4 Å². The van der Waals surface area contributed by atoms with Crippen LogP contribution in [-0.2, 0) is 31.2 Å². The second kappa shape index (κ2) is 6.31. The minimum Gasteiger partial charge on any atom is -0.508 e. The zero-order valence-corrected chi connectivity index (χ0v) is 17.6. The summed E-state index contributed by atoms with van der Waals surface area (Å²) in [4.78, 5) is 2.56. The van der Waals surface area contributed by atoms with E-state index in [0.717, 1.165) is 54.4 Å². The Balaban J connectivity index is 1.54. The number of likely N-dealkylation sites (tertiary alicyclic amines) is 1. The lowest BCUT2D eigenvalue weighted by molar-refractivity contribution is -0.152. The number of aromatic nitrogens is 2. The minimum atomic E-state index is -0.869. The SMILES string of the molecule is Cc1nn(CCO)c2c1C[C@]1(O)C3Cc4ccc(O)cc4[C@]1(CCN3CC1CC1)C2. The van der Waals surface area contributed by atoms with Crippen LogP contribution in [0.15, 0.2) is 18.2 Å². The van der Waals surface area contributed by atoms with E-state index in [1.807, 2.05) is 17.7 Å². The topological polar surface area (TPSA) is 81.8 Å². The number of rotatable bonds is 4. The predicted octanol–water partition coefficient (Wildman–Crippen LogP) is 1.70. The summed E-state index contributed by atoms with van der Waals surface area (Å²) in [7, 11) is 0. The molecule has 6 heteroatoms. The van der Waals surface area contributed by atoms with E-state index in [2.05, 4.69) is 11.0 Å². The van der Waals surface area contributed by atoms with Gasteiger partial charge in [-0.3, -0.25) is 9.58 Å².